The second-order valence-corrected chi connectivity index (χ2v) is 4.10. The zero-order valence-electron chi connectivity index (χ0n) is 6.67. The SMILES string of the molecule is O=C(O)C(F)(F)C(F)C1CCSC1. The largest absolute Gasteiger partial charge is 0.477 e. The average Bonchev–Trinajstić information content (AvgIpc) is 2.54. The summed E-state index contributed by atoms with van der Waals surface area (Å²) in [4.78, 5) is 10.0. The van der Waals surface area contributed by atoms with Gasteiger partial charge < -0.3 is 5.11 Å². The van der Waals surface area contributed by atoms with E-state index in [1.165, 1.54) is 11.8 Å². The van der Waals surface area contributed by atoms with Crippen LogP contribution in [0.25, 0.3) is 0 Å². The van der Waals surface area contributed by atoms with Gasteiger partial charge in [0.25, 0.3) is 0 Å². The summed E-state index contributed by atoms with van der Waals surface area (Å²) < 4.78 is 38.2. The molecule has 13 heavy (non-hydrogen) atoms. The summed E-state index contributed by atoms with van der Waals surface area (Å²) in [5.41, 5.74) is 0. The molecule has 1 rings (SSSR count). The highest BCUT2D eigenvalue weighted by Gasteiger charge is 2.52. The molecule has 1 heterocycles. The van der Waals surface area contributed by atoms with Gasteiger partial charge in [-0.25, -0.2) is 9.18 Å². The van der Waals surface area contributed by atoms with E-state index in [4.69, 9.17) is 5.11 Å². The van der Waals surface area contributed by atoms with Gasteiger partial charge in [-0.15, -0.1) is 0 Å². The van der Waals surface area contributed by atoms with E-state index >= 15 is 0 Å². The number of carbonyl (C=O) groups is 1. The number of alkyl halides is 3. The summed E-state index contributed by atoms with van der Waals surface area (Å²) in [5.74, 6) is -6.53. The van der Waals surface area contributed by atoms with Crippen molar-refractivity contribution in [3.8, 4) is 0 Å². The average molecular weight is 214 g/mol. The molecule has 2 unspecified atom stereocenters. The van der Waals surface area contributed by atoms with Crippen molar-refractivity contribution >= 4 is 17.7 Å². The van der Waals surface area contributed by atoms with Crippen LogP contribution in [0.2, 0.25) is 0 Å². The van der Waals surface area contributed by atoms with Crippen LogP contribution in [0.3, 0.4) is 0 Å². The highest BCUT2D eigenvalue weighted by atomic mass is 32.2. The zero-order valence-corrected chi connectivity index (χ0v) is 7.49. The van der Waals surface area contributed by atoms with Gasteiger partial charge in [0.2, 0.25) is 0 Å². The molecule has 6 heteroatoms. The maximum atomic E-state index is 13.0. The van der Waals surface area contributed by atoms with Gasteiger partial charge in [-0.2, -0.15) is 20.5 Å². The second kappa shape index (κ2) is 3.77. The Hall–Kier alpha value is -0.390. The molecular formula is C7H9F3O2S. The van der Waals surface area contributed by atoms with Crippen molar-refractivity contribution in [3.63, 3.8) is 0 Å². The molecule has 2 nitrogen and oxygen atoms in total. The lowest BCUT2D eigenvalue weighted by Gasteiger charge is -2.20. The lowest BCUT2D eigenvalue weighted by Crippen LogP contribution is -2.43. The fourth-order valence-corrected chi connectivity index (χ4v) is 2.47. The van der Waals surface area contributed by atoms with Crippen LogP contribution in [-0.4, -0.2) is 34.7 Å². The molecule has 0 spiro atoms. The summed E-state index contributed by atoms with van der Waals surface area (Å²) >= 11 is 1.37. The molecule has 0 bridgehead atoms. The first-order chi connectivity index (χ1) is 5.96. The molecule has 1 aliphatic heterocycles. The Labute approximate surface area is 77.5 Å². The van der Waals surface area contributed by atoms with Crippen molar-refractivity contribution in [2.45, 2.75) is 18.5 Å². The van der Waals surface area contributed by atoms with Crippen LogP contribution < -0.4 is 0 Å². The molecule has 0 aromatic heterocycles. The van der Waals surface area contributed by atoms with Gasteiger partial charge in [0.1, 0.15) is 0 Å². The lowest BCUT2D eigenvalue weighted by atomic mass is 9.98. The van der Waals surface area contributed by atoms with Crippen molar-refractivity contribution in [1.82, 2.24) is 0 Å². The van der Waals surface area contributed by atoms with Gasteiger partial charge in [-0.05, 0) is 17.9 Å². The smallest absolute Gasteiger partial charge is 0.377 e. The highest BCUT2D eigenvalue weighted by Crippen LogP contribution is 2.35. The molecule has 2 atom stereocenters. The van der Waals surface area contributed by atoms with Crippen molar-refractivity contribution in [2.75, 3.05) is 11.5 Å². The Morgan fingerprint density at radius 3 is 2.62 bits per heavy atom. The number of thioether (sulfide) groups is 1. The summed E-state index contributed by atoms with van der Waals surface area (Å²) in [5, 5.41) is 8.08. The number of carboxylic acid groups (broad SMARTS) is 1. The zero-order chi connectivity index (χ0) is 10.1. The summed E-state index contributed by atoms with van der Waals surface area (Å²) in [6.45, 7) is 0. The van der Waals surface area contributed by atoms with E-state index in [-0.39, 0.29) is 5.75 Å². The highest BCUT2D eigenvalue weighted by molar-refractivity contribution is 7.99. The number of carboxylic acids is 1. The van der Waals surface area contributed by atoms with Crippen LogP contribution in [0.15, 0.2) is 0 Å². The third-order valence-corrected chi connectivity index (χ3v) is 3.20. The summed E-state index contributed by atoms with van der Waals surface area (Å²) in [6, 6.07) is 0. The first kappa shape index (κ1) is 10.7. The predicted octanol–water partition coefficient (Wildman–Crippen LogP) is 1.80. The number of hydrogen-bond acceptors (Lipinski definition) is 2. The summed E-state index contributed by atoms with van der Waals surface area (Å²) in [6.07, 6.45) is -2.23. The van der Waals surface area contributed by atoms with E-state index in [1.807, 2.05) is 0 Å². The van der Waals surface area contributed by atoms with Gasteiger partial charge in [0.05, 0.1) is 0 Å². The second-order valence-electron chi connectivity index (χ2n) is 2.95. The van der Waals surface area contributed by atoms with Gasteiger partial charge in [-0.1, -0.05) is 0 Å². The van der Waals surface area contributed by atoms with E-state index in [2.05, 4.69) is 0 Å². The molecule has 1 aliphatic rings. The van der Waals surface area contributed by atoms with Crippen LogP contribution in [0.1, 0.15) is 6.42 Å². The minimum Gasteiger partial charge on any atom is -0.477 e. The lowest BCUT2D eigenvalue weighted by molar-refractivity contribution is -0.178. The monoisotopic (exact) mass is 214 g/mol. The molecule has 0 aromatic carbocycles. The molecule has 1 fully saturated rings. The van der Waals surface area contributed by atoms with Crippen LogP contribution in [-0.2, 0) is 4.79 Å². The molecule has 1 saturated heterocycles. The number of rotatable bonds is 3. The Kier molecular flexibility index (Phi) is 3.10. The maximum Gasteiger partial charge on any atom is 0.377 e. The number of hydrogen-bond donors (Lipinski definition) is 1. The summed E-state index contributed by atoms with van der Waals surface area (Å²) in [7, 11) is 0. The number of halogens is 3. The predicted molar refractivity (Wildman–Crippen MR) is 42.9 cm³/mol. The van der Waals surface area contributed by atoms with Gasteiger partial charge in [0, 0.05) is 5.92 Å². The maximum absolute atomic E-state index is 13.0. The molecule has 0 aliphatic carbocycles. The van der Waals surface area contributed by atoms with E-state index in [1.54, 1.807) is 0 Å². The van der Waals surface area contributed by atoms with Gasteiger partial charge in [0.15, 0.2) is 6.17 Å². The van der Waals surface area contributed by atoms with Crippen molar-refractivity contribution in [2.24, 2.45) is 5.92 Å². The Bertz CT molecular complexity index is 204. The van der Waals surface area contributed by atoms with Crippen molar-refractivity contribution < 1.29 is 23.1 Å². The Morgan fingerprint density at radius 2 is 2.23 bits per heavy atom. The molecule has 0 saturated carbocycles. The quantitative estimate of drug-likeness (QED) is 0.778. The number of aliphatic carboxylic acids is 1. The molecular weight excluding hydrogens is 205 g/mol. The van der Waals surface area contributed by atoms with E-state index in [0.717, 1.165) is 0 Å². The van der Waals surface area contributed by atoms with Crippen LogP contribution in [0, 0.1) is 5.92 Å². The standard InChI is InChI=1S/C7H9F3O2S/c8-5(4-1-2-13-3-4)7(9,10)6(11)12/h4-5H,1-3H2,(H,11,12). The minimum atomic E-state index is -4.24. The van der Waals surface area contributed by atoms with E-state index in [0.29, 0.717) is 12.2 Å². The fourth-order valence-electron chi connectivity index (χ4n) is 1.20. The molecule has 1 N–H and O–H groups in total. The third kappa shape index (κ3) is 2.10. The Balaban J connectivity index is 2.64. The first-order valence-electron chi connectivity index (χ1n) is 3.79. The first-order valence-corrected chi connectivity index (χ1v) is 4.94. The van der Waals surface area contributed by atoms with Crippen molar-refractivity contribution in [3.05, 3.63) is 0 Å². The van der Waals surface area contributed by atoms with E-state index in [9.17, 15) is 18.0 Å². The van der Waals surface area contributed by atoms with Gasteiger partial charge in [-0.3, -0.25) is 0 Å². The van der Waals surface area contributed by atoms with Crippen LogP contribution >= 0.6 is 11.8 Å². The Morgan fingerprint density at radius 1 is 1.62 bits per heavy atom. The fraction of sp³-hybridized carbons (Fsp3) is 0.857. The third-order valence-electron chi connectivity index (χ3n) is 2.01. The molecule has 76 valence electrons. The van der Waals surface area contributed by atoms with E-state index < -0.39 is 24.0 Å². The molecule has 0 radical (unpaired) electrons. The minimum absolute atomic E-state index is 0.282. The van der Waals surface area contributed by atoms with Crippen LogP contribution in [0.5, 0.6) is 0 Å². The molecule has 0 amide bonds. The van der Waals surface area contributed by atoms with Gasteiger partial charge >= 0.3 is 11.9 Å². The van der Waals surface area contributed by atoms with Crippen molar-refractivity contribution in [1.29, 1.82) is 0 Å². The molecule has 0 aromatic rings. The normalized spacial score (nSPS) is 25.9. The topological polar surface area (TPSA) is 37.3 Å². The van der Waals surface area contributed by atoms with Crippen LogP contribution in [0.4, 0.5) is 13.2 Å².